The van der Waals surface area contributed by atoms with Crippen LogP contribution in [-0.4, -0.2) is 33.3 Å². The zero-order valence-electron chi connectivity index (χ0n) is 15.0. The molecule has 0 aliphatic rings. The molecule has 3 aromatic rings. The number of carbonyl (C=O) groups is 1. The molecule has 4 N–H and O–H groups in total. The number of benzene rings is 2. The molecule has 0 radical (unpaired) electrons. The fourth-order valence-corrected chi connectivity index (χ4v) is 2.83. The molecule has 1 atom stereocenters. The van der Waals surface area contributed by atoms with Crippen LogP contribution in [0.5, 0.6) is 6.01 Å². The van der Waals surface area contributed by atoms with Crippen molar-refractivity contribution in [2.24, 2.45) is 5.73 Å². The van der Waals surface area contributed by atoms with Crippen LogP contribution in [0.1, 0.15) is 31.0 Å². The maximum absolute atomic E-state index is 13.1. The van der Waals surface area contributed by atoms with E-state index in [-0.39, 0.29) is 23.7 Å². The van der Waals surface area contributed by atoms with E-state index in [1.54, 1.807) is 30.3 Å². The van der Waals surface area contributed by atoms with Gasteiger partial charge in [0, 0.05) is 12.1 Å². The summed E-state index contributed by atoms with van der Waals surface area (Å²) in [5.74, 6) is -0.390. The number of halogens is 1. The Bertz CT molecular complexity index is 983. The number of hydrogen-bond donors (Lipinski definition) is 3. The molecule has 0 spiro atoms. The van der Waals surface area contributed by atoms with Crippen LogP contribution in [0, 0.1) is 11.2 Å². The first-order chi connectivity index (χ1) is 12.9. The van der Waals surface area contributed by atoms with E-state index in [0.717, 1.165) is 5.56 Å². The average Bonchev–Trinajstić information content (AvgIpc) is 3.03. The number of nitrogens with one attached hydrogen (secondary N) is 2. The number of aromatic nitrogens is 2. The molecule has 3 rings (SSSR count). The minimum Gasteiger partial charge on any atom is -0.384 e. The summed E-state index contributed by atoms with van der Waals surface area (Å²) in [6, 6.07) is 10.8. The van der Waals surface area contributed by atoms with Gasteiger partial charge >= 0.3 is 12.1 Å². The van der Waals surface area contributed by atoms with Crippen LogP contribution in [0.3, 0.4) is 0 Å². The van der Waals surface area contributed by atoms with Gasteiger partial charge in [0.25, 0.3) is 0 Å². The number of carbonyl (C=O) groups excluding carboxylic acids is 1. The van der Waals surface area contributed by atoms with Crippen molar-refractivity contribution in [2.45, 2.75) is 19.9 Å². The van der Waals surface area contributed by atoms with Gasteiger partial charge in [-0.2, -0.15) is 4.98 Å². The second-order valence-electron chi connectivity index (χ2n) is 6.07. The van der Waals surface area contributed by atoms with Crippen LogP contribution in [0.15, 0.2) is 42.5 Å². The number of rotatable bonds is 5. The number of nitrogens with two attached hydrogens (primary N) is 1. The van der Waals surface area contributed by atoms with E-state index in [9.17, 15) is 9.18 Å². The Morgan fingerprint density at radius 1 is 1.33 bits per heavy atom. The van der Waals surface area contributed by atoms with Gasteiger partial charge in [0.05, 0.1) is 17.1 Å². The van der Waals surface area contributed by atoms with Crippen molar-refractivity contribution in [2.75, 3.05) is 6.54 Å². The molecular formula is C19H20FN5O2. The topological polar surface area (TPSA) is 108 Å². The van der Waals surface area contributed by atoms with E-state index >= 15 is 0 Å². The highest BCUT2D eigenvalue weighted by atomic mass is 19.1. The number of amides is 1. The maximum Gasteiger partial charge on any atom is 0.418 e. The first-order valence-corrected chi connectivity index (χ1v) is 8.47. The summed E-state index contributed by atoms with van der Waals surface area (Å²) in [7, 11) is 0. The van der Waals surface area contributed by atoms with Gasteiger partial charge in [0.15, 0.2) is 0 Å². The summed E-state index contributed by atoms with van der Waals surface area (Å²) in [5.41, 5.74) is 8.03. The molecule has 0 fully saturated rings. The molecule has 1 amide bonds. The number of ether oxygens (including phenoxy) is 1. The van der Waals surface area contributed by atoms with Gasteiger partial charge in [-0.3, -0.25) is 5.41 Å². The summed E-state index contributed by atoms with van der Waals surface area (Å²) >= 11 is 0. The maximum atomic E-state index is 13.1. The second-order valence-corrected chi connectivity index (χ2v) is 6.07. The highest BCUT2D eigenvalue weighted by molar-refractivity contribution is 5.98. The van der Waals surface area contributed by atoms with Crippen LogP contribution < -0.4 is 10.5 Å². The third-order valence-electron chi connectivity index (χ3n) is 4.35. The minimum atomic E-state index is -0.569. The predicted molar refractivity (Wildman–Crippen MR) is 100 cm³/mol. The number of fused-ring (bicyclic) bond motifs is 1. The summed E-state index contributed by atoms with van der Waals surface area (Å²) < 4.78 is 18.5. The van der Waals surface area contributed by atoms with E-state index in [2.05, 4.69) is 9.97 Å². The average molecular weight is 369 g/mol. The van der Waals surface area contributed by atoms with E-state index in [4.69, 9.17) is 15.9 Å². The number of amidine groups is 1. The first-order valence-electron chi connectivity index (χ1n) is 8.47. The molecule has 8 heteroatoms. The zero-order chi connectivity index (χ0) is 19.6. The number of hydrogen-bond acceptors (Lipinski definition) is 4. The van der Waals surface area contributed by atoms with E-state index in [0.29, 0.717) is 23.1 Å². The molecule has 140 valence electrons. The molecular weight excluding hydrogens is 349 g/mol. The van der Waals surface area contributed by atoms with E-state index in [1.807, 2.05) is 13.8 Å². The lowest BCUT2D eigenvalue weighted by atomic mass is 10.1. The summed E-state index contributed by atoms with van der Waals surface area (Å²) in [6.45, 7) is 4.08. The van der Waals surface area contributed by atoms with Gasteiger partial charge < -0.3 is 20.4 Å². The SMILES string of the molecule is CCN(C(=O)Oc1nc2ccc(C(=N)N)cc2[nH]1)C(C)c1ccc(F)cc1. The van der Waals surface area contributed by atoms with Crippen molar-refractivity contribution < 1.29 is 13.9 Å². The van der Waals surface area contributed by atoms with Crippen molar-refractivity contribution >= 4 is 23.0 Å². The predicted octanol–water partition coefficient (Wildman–Crippen LogP) is 3.57. The molecule has 0 saturated heterocycles. The monoisotopic (exact) mass is 369 g/mol. The van der Waals surface area contributed by atoms with Crippen LogP contribution in [-0.2, 0) is 0 Å². The highest BCUT2D eigenvalue weighted by Crippen LogP contribution is 2.23. The Kier molecular flexibility index (Phi) is 5.07. The molecule has 2 aromatic carbocycles. The minimum absolute atomic E-state index is 0.0560. The van der Waals surface area contributed by atoms with Crippen molar-refractivity contribution in [3.05, 3.63) is 59.4 Å². The Balaban J connectivity index is 1.79. The molecule has 0 aliphatic carbocycles. The Morgan fingerprint density at radius 3 is 2.67 bits per heavy atom. The lowest BCUT2D eigenvalue weighted by molar-refractivity contribution is 0.135. The molecule has 0 saturated carbocycles. The van der Waals surface area contributed by atoms with Gasteiger partial charge in [-0.05, 0) is 49.7 Å². The van der Waals surface area contributed by atoms with Crippen LogP contribution in [0.4, 0.5) is 9.18 Å². The smallest absolute Gasteiger partial charge is 0.384 e. The number of H-pyrrole nitrogens is 1. The van der Waals surface area contributed by atoms with Crippen LogP contribution in [0.25, 0.3) is 11.0 Å². The highest BCUT2D eigenvalue weighted by Gasteiger charge is 2.23. The standard InChI is InChI=1S/C19H20FN5O2/c1-3-25(11(2)12-4-7-14(20)8-5-12)19(26)27-18-23-15-9-6-13(17(21)22)10-16(15)24-18/h4-11H,3H2,1-2H3,(H3,21,22)(H,23,24). The van der Waals surface area contributed by atoms with Gasteiger partial charge in [0.2, 0.25) is 0 Å². The third kappa shape index (κ3) is 3.89. The fourth-order valence-electron chi connectivity index (χ4n) is 2.83. The van der Waals surface area contributed by atoms with Crippen molar-refractivity contribution in [1.82, 2.24) is 14.9 Å². The summed E-state index contributed by atoms with van der Waals surface area (Å²) in [5, 5.41) is 7.48. The number of aromatic amines is 1. The molecule has 27 heavy (non-hydrogen) atoms. The van der Waals surface area contributed by atoms with Crippen molar-refractivity contribution in [1.29, 1.82) is 5.41 Å². The summed E-state index contributed by atoms with van der Waals surface area (Å²) in [4.78, 5) is 21.2. The first kappa shape index (κ1) is 18.4. The quantitative estimate of drug-likeness (QED) is 0.472. The Labute approximate surface area is 155 Å². The number of nitrogens with zero attached hydrogens (tertiary/aromatic N) is 2. The lowest BCUT2D eigenvalue weighted by Crippen LogP contribution is -2.35. The normalized spacial score (nSPS) is 12.0. The van der Waals surface area contributed by atoms with Gasteiger partial charge in [-0.25, -0.2) is 9.18 Å². The van der Waals surface area contributed by atoms with Gasteiger partial charge in [-0.1, -0.05) is 12.1 Å². The van der Waals surface area contributed by atoms with Gasteiger partial charge in [0.1, 0.15) is 11.7 Å². The Hall–Kier alpha value is -3.42. The zero-order valence-corrected chi connectivity index (χ0v) is 15.0. The van der Waals surface area contributed by atoms with Gasteiger partial charge in [-0.15, -0.1) is 0 Å². The molecule has 1 aromatic heterocycles. The fraction of sp³-hybridized carbons (Fsp3) is 0.211. The molecule has 0 bridgehead atoms. The Morgan fingerprint density at radius 2 is 2.04 bits per heavy atom. The molecule has 1 heterocycles. The summed E-state index contributed by atoms with van der Waals surface area (Å²) in [6.07, 6.45) is -0.569. The molecule has 0 aliphatic heterocycles. The second kappa shape index (κ2) is 7.45. The van der Waals surface area contributed by atoms with E-state index < -0.39 is 6.09 Å². The lowest BCUT2D eigenvalue weighted by Gasteiger charge is -2.27. The van der Waals surface area contributed by atoms with Crippen LogP contribution >= 0.6 is 0 Å². The number of imidazole rings is 1. The van der Waals surface area contributed by atoms with E-state index in [1.165, 1.54) is 17.0 Å². The number of nitrogen functional groups attached to an aromatic ring is 1. The van der Waals surface area contributed by atoms with Crippen molar-refractivity contribution in [3.63, 3.8) is 0 Å². The van der Waals surface area contributed by atoms with Crippen molar-refractivity contribution in [3.8, 4) is 6.01 Å². The third-order valence-corrected chi connectivity index (χ3v) is 4.35. The molecule has 1 unspecified atom stereocenters. The van der Waals surface area contributed by atoms with Crippen LogP contribution in [0.2, 0.25) is 0 Å². The molecule has 7 nitrogen and oxygen atoms in total. The largest absolute Gasteiger partial charge is 0.418 e.